The van der Waals surface area contributed by atoms with E-state index in [1.807, 2.05) is 0 Å². The lowest BCUT2D eigenvalue weighted by molar-refractivity contribution is -0.122. The molecular weight excluding hydrogens is 336 g/mol. The Morgan fingerprint density at radius 3 is 1.35 bits per heavy atom. The molecule has 1 aromatic carbocycles. The molecule has 2 fully saturated rings. The number of rotatable bonds is 4. The van der Waals surface area contributed by atoms with Crippen LogP contribution in [-0.4, -0.2) is 59.6 Å². The van der Waals surface area contributed by atoms with Gasteiger partial charge in [0.1, 0.15) is 0 Å². The molecular formula is C18H22N4O4. The highest BCUT2D eigenvalue weighted by molar-refractivity contribution is 5.98. The van der Waals surface area contributed by atoms with Crippen LogP contribution in [-0.2, 0) is 9.59 Å². The molecule has 2 saturated heterocycles. The predicted octanol–water partition coefficient (Wildman–Crippen LogP) is -0.419. The van der Waals surface area contributed by atoms with Crippen molar-refractivity contribution in [3.8, 4) is 0 Å². The van der Waals surface area contributed by atoms with Crippen molar-refractivity contribution in [3.63, 3.8) is 0 Å². The number of hydrogen-bond donors (Lipinski definition) is 2. The van der Waals surface area contributed by atoms with Crippen LogP contribution in [0.25, 0.3) is 0 Å². The summed E-state index contributed by atoms with van der Waals surface area (Å²) in [6.45, 7) is 1.65. The lowest BCUT2D eigenvalue weighted by Gasteiger charge is -2.18. The Kier molecular flexibility index (Phi) is 4.92. The summed E-state index contributed by atoms with van der Waals surface area (Å²) in [5.41, 5.74) is 11.5. The molecule has 2 heterocycles. The van der Waals surface area contributed by atoms with E-state index < -0.39 is 0 Å². The van der Waals surface area contributed by atoms with E-state index in [0.29, 0.717) is 50.1 Å². The van der Waals surface area contributed by atoms with Gasteiger partial charge < -0.3 is 21.3 Å². The lowest BCUT2D eigenvalue weighted by atomic mass is 10.1. The molecule has 0 unspecified atom stereocenters. The summed E-state index contributed by atoms with van der Waals surface area (Å²) < 4.78 is 0. The highest BCUT2D eigenvalue weighted by Gasteiger charge is 2.31. The van der Waals surface area contributed by atoms with Gasteiger partial charge in [-0.25, -0.2) is 0 Å². The maximum absolute atomic E-state index is 12.5. The Labute approximate surface area is 151 Å². The van der Waals surface area contributed by atoms with Crippen LogP contribution in [0.1, 0.15) is 33.6 Å². The number of nitrogens with zero attached hydrogens (tertiary/aromatic N) is 2. The molecule has 1 aromatic rings. The summed E-state index contributed by atoms with van der Waals surface area (Å²) in [5.74, 6) is -1.73. The van der Waals surface area contributed by atoms with Crippen molar-refractivity contribution >= 4 is 23.6 Å². The third-order valence-corrected chi connectivity index (χ3v) is 5.13. The number of carbonyl (C=O) groups is 4. The number of likely N-dealkylation sites (tertiary alicyclic amines) is 2. The molecule has 26 heavy (non-hydrogen) atoms. The van der Waals surface area contributed by atoms with Gasteiger partial charge in [-0.1, -0.05) is 0 Å². The fourth-order valence-electron chi connectivity index (χ4n) is 3.47. The van der Waals surface area contributed by atoms with E-state index in [4.69, 9.17) is 11.5 Å². The standard InChI is InChI=1S/C18H22N4O4/c19-15(23)13-5-7-21(9-13)17(25)11-1-2-12(4-3-11)18(26)22-8-6-14(10-22)16(20)24/h1-4,13-14H,5-10H2,(H2,19,23)(H2,20,24)/t13-,14-/m0/s1. The first kappa shape index (κ1) is 17.9. The topological polar surface area (TPSA) is 127 Å². The van der Waals surface area contributed by atoms with Gasteiger partial charge in [-0.2, -0.15) is 0 Å². The zero-order valence-electron chi connectivity index (χ0n) is 14.4. The summed E-state index contributed by atoms with van der Waals surface area (Å²) in [6.07, 6.45) is 1.15. The normalized spacial score (nSPS) is 22.5. The number of carbonyl (C=O) groups excluding carboxylic acids is 4. The smallest absolute Gasteiger partial charge is 0.253 e. The number of primary amides is 2. The quantitative estimate of drug-likeness (QED) is 0.758. The summed E-state index contributed by atoms with van der Waals surface area (Å²) in [5, 5.41) is 0. The van der Waals surface area contributed by atoms with Crippen LogP contribution >= 0.6 is 0 Å². The highest BCUT2D eigenvalue weighted by atomic mass is 16.2. The molecule has 4 amide bonds. The van der Waals surface area contributed by atoms with E-state index in [1.54, 1.807) is 34.1 Å². The lowest BCUT2D eigenvalue weighted by Crippen LogP contribution is -2.32. The fraction of sp³-hybridized carbons (Fsp3) is 0.444. The molecule has 2 aliphatic heterocycles. The minimum absolute atomic E-state index is 0.178. The minimum atomic E-state index is -0.388. The van der Waals surface area contributed by atoms with Gasteiger partial charge in [0.2, 0.25) is 11.8 Å². The first-order chi connectivity index (χ1) is 12.4. The van der Waals surface area contributed by atoms with Gasteiger partial charge in [-0.15, -0.1) is 0 Å². The maximum atomic E-state index is 12.5. The van der Waals surface area contributed by atoms with Crippen molar-refractivity contribution in [2.75, 3.05) is 26.2 Å². The Morgan fingerprint density at radius 2 is 1.08 bits per heavy atom. The van der Waals surface area contributed by atoms with Crippen molar-refractivity contribution in [3.05, 3.63) is 35.4 Å². The number of hydrogen-bond acceptors (Lipinski definition) is 4. The van der Waals surface area contributed by atoms with Gasteiger partial charge in [0.15, 0.2) is 0 Å². The van der Waals surface area contributed by atoms with Crippen LogP contribution in [0.4, 0.5) is 0 Å². The second-order valence-electron chi connectivity index (χ2n) is 6.86. The first-order valence-corrected chi connectivity index (χ1v) is 8.64. The van der Waals surface area contributed by atoms with Crippen LogP contribution in [0.3, 0.4) is 0 Å². The van der Waals surface area contributed by atoms with E-state index in [1.165, 1.54) is 0 Å². The molecule has 4 N–H and O–H groups in total. The fourth-order valence-corrected chi connectivity index (χ4v) is 3.47. The minimum Gasteiger partial charge on any atom is -0.369 e. The van der Waals surface area contributed by atoms with Gasteiger partial charge in [-0.05, 0) is 37.1 Å². The number of benzene rings is 1. The van der Waals surface area contributed by atoms with Gasteiger partial charge >= 0.3 is 0 Å². The van der Waals surface area contributed by atoms with Crippen LogP contribution in [0.15, 0.2) is 24.3 Å². The molecule has 0 aliphatic carbocycles. The molecule has 0 aromatic heterocycles. The van der Waals surface area contributed by atoms with Gasteiger partial charge in [0.25, 0.3) is 11.8 Å². The molecule has 2 aliphatic rings. The summed E-state index contributed by atoms with van der Waals surface area (Å²) in [6, 6.07) is 6.42. The largest absolute Gasteiger partial charge is 0.369 e. The van der Waals surface area contributed by atoms with Gasteiger partial charge in [0.05, 0.1) is 11.8 Å². The second-order valence-corrected chi connectivity index (χ2v) is 6.86. The molecule has 0 spiro atoms. The van der Waals surface area contributed by atoms with Crippen LogP contribution in [0, 0.1) is 11.8 Å². The molecule has 8 heteroatoms. The molecule has 138 valence electrons. The Morgan fingerprint density at radius 1 is 0.731 bits per heavy atom. The second kappa shape index (κ2) is 7.15. The molecule has 0 saturated carbocycles. The molecule has 3 rings (SSSR count). The van der Waals surface area contributed by atoms with E-state index in [2.05, 4.69) is 0 Å². The molecule has 0 bridgehead atoms. The van der Waals surface area contributed by atoms with Crippen molar-refractivity contribution < 1.29 is 19.2 Å². The summed E-state index contributed by atoms with van der Waals surface area (Å²) in [7, 11) is 0. The van der Waals surface area contributed by atoms with Crippen LogP contribution < -0.4 is 11.5 Å². The average Bonchev–Trinajstić information content (AvgIpc) is 3.30. The number of amides is 4. The highest BCUT2D eigenvalue weighted by Crippen LogP contribution is 2.21. The van der Waals surface area contributed by atoms with Gasteiger partial charge in [-0.3, -0.25) is 19.2 Å². The summed E-state index contributed by atoms with van der Waals surface area (Å²) >= 11 is 0. The third-order valence-electron chi connectivity index (χ3n) is 5.13. The van der Waals surface area contributed by atoms with Crippen LogP contribution in [0.2, 0.25) is 0 Å². The van der Waals surface area contributed by atoms with Crippen molar-refractivity contribution in [1.29, 1.82) is 0 Å². The monoisotopic (exact) mass is 358 g/mol. The van der Waals surface area contributed by atoms with E-state index >= 15 is 0 Å². The van der Waals surface area contributed by atoms with Crippen molar-refractivity contribution in [2.45, 2.75) is 12.8 Å². The first-order valence-electron chi connectivity index (χ1n) is 8.64. The van der Waals surface area contributed by atoms with Crippen LogP contribution in [0.5, 0.6) is 0 Å². The van der Waals surface area contributed by atoms with Gasteiger partial charge in [0, 0.05) is 37.3 Å². The van der Waals surface area contributed by atoms with E-state index in [9.17, 15) is 19.2 Å². The van der Waals surface area contributed by atoms with Crippen molar-refractivity contribution in [2.24, 2.45) is 23.3 Å². The maximum Gasteiger partial charge on any atom is 0.253 e. The summed E-state index contributed by atoms with van der Waals surface area (Å²) in [4.78, 5) is 50.7. The SMILES string of the molecule is NC(=O)[C@H]1CCN(C(=O)c2ccc(C(=O)N3CC[C@H](C(N)=O)C3)cc2)C1. The Bertz CT molecular complexity index is 683. The van der Waals surface area contributed by atoms with Crippen molar-refractivity contribution in [1.82, 2.24) is 9.80 Å². The molecule has 2 atom stereocenters. The molecule has 8 nitrogen and oxygen atoms in total. The average molecular weight is 358 g/mol. The zero-order valence-corrected chi connectivity index (χ0v) is 14.4. The van der Waals surface area contributed by atoms with E-state index in [-0.39, 0.29) is 35.5 Å². The predicted molar refractivity (Wildman–Crippen MR) is 92.9 cm³/mol. The third kappa shape index (κ3) is 3.54. The Balaban J connectivity index is 1.63. The zero-order chi connectivity index (χ0) is 18.8. The Hall–Kier alpha value is -2.90. The van der Waals surface area contributed by atoms with E-state index in [0.717, 1.165) is 0 Å². The molecule has 0 radical (unpaired) electrons. The number of nitrogens with two attached hydrogens (primary N) is 2.